The minimum atomic E-state index is -1.06. The van der Waals surface area contributed by atoms with Crippen LogP contribution in [0, 0.1) is 0 Å². The van der Waals surface area contributed by atoms with Crippen molar-refractivity contribution in [3.8, 4) is 0 Å². The normalized spacial score (nSPS) is 15.2. The molecule has 27 heavy (non-hydrogen) atoms. The maximum absolute atomic E-state index is 11.4. The number of aromatic nitrogens is 3. The number of ether oxygens (including phenoxy) is 1. The Labute approximate surface area is 161 Å². The molecular formula is C19H19ClN4O3. The monoisotopic (exact) mass is 386 g/mol. The van der Waals surface area contributed by atoms with E-state index in [2.05, 4.69) is 4.98 Å². The predicted octanol–water partition coefficient (Wildman–Crippen LogP) is 3.90. The number of pyridine rings is 1. The topological polar surface area (TPSA) is 80.5 Å². The van der Waals surface area contributed by atoms with Crippen molar-refractivity contribution in [2.24, 2.45) is 0 Å². The molecule has 7 nitrogen and oxygen atoms in total. The average Bonchev–Trinajstić information content (AvgIpc) is 3.07. The molecule has 0 saturated carbocycles. The summed E-state index contributed by atoms with van der Waals surface area (Å²) in [7, 11) is 1.88. The fourth-order valence-electron chi connectivity index (χ4n) is 3.34. The number of rotatable bonds is 4. The number of halogens is 1. The predicted molar refractivity (Wildman–Crippen MR) is 103 cm³/mol. The molecule has 1 N–H and O–H groups in total. The van der Waals surface area contributed by atoms with E-state index in [1.807, 2.05) is 28.8 Å². The molecule has 0 amide bonds. The Morgan fingerprint density at radius 2 is 1.93 bits per heavy atom. The smallest absolute Gasteiger partial charge is 0.354 e. The van der Waals surface area contributed by atoms with Crippen molar-refractivity contribution in [2.75, 3.05) is 25.2 Å². The second kappa shape index (κ2) is 7.17. The quantitative estimate of drug-likeness (QED) is 0.732. The molecule has 0 radical (unpaired) electrons. The van der Waals surface area contributed by atoms with E-state index in [0.29, 0.717) is 29.6 Å². The van der Waals surface area contributed by atoms with Crippen LogP contribution in [0.3, 0.4) is 0 Å². The lowest BCUT2D eigenvalue weighted by atomic mass is 10.1. The molecule has 140 valence electrons. The molecule has 1 saturated heterocycles. The highest BCUT2D eigenvalue weighted by molar-refractivity contribution is 6.30. The highest BCUT2D eigenvalue weighted by atomic mass is 35.5. The van der Waals surface area contributed by atoms with Gasteiger partial charge in [-0.25, -0.2) is 9.78 Å². The van der Waals surface area contributed by atoms with Crippen molar-refractivity contribution in [2.45, 2.75) is 18.9 Å². The van der Waals surface area contributed by atoms with Gasteiger partial charge in [0.15, 0.2) is 5.82 Å². The van der Waals surface area contributed by atoms with E-state index in [9.17, 15) is 9.90 Å². The highest BCUT2D eigenvalue weighted by Crippen LogP contribution is 2.33. The van der Waals surface area contributed by atoms with E-state index < -0.39 is 5.97 Å². The molecule has 3 aromatic rings. The maximum Gasteiger partial charge on any atom is 0.354 e. The first-order valence-corrected chi connectivity index (χ1v) is 9.12. The van der Waals surface area contributed by atoms with Gasteiger partial charge in [-0.2, -0.15) is 5.10 Å². The molecule has 2 aromatic heterocycles. The zero-order valence-electron chi connectivity index (χ0n) is 14.8. The Kier molecular flexibility index (Phi) is 4.72. The van der Waals surface area contributed by atoms with Gasteiger partial charge in [-0.15, -0.1) is 0 Å². The molecule has 1 aromatic carbocycles. The molecular weight excluding hydrogens is 368 g/mol. The van der Waals surface area contributed by atoms with Gasteiger partial charge in [0.1, 0.15) is 11.2 Å². The fourth-order valence-corrected chi connectivity index (χ4v) is 3.47. The first-order chi connectivity index (χ1) is 13.0. The molecule has 8 heteroatoms. The molecule has 0 aliphatic carbocycles. The van der Waals surface area contributed by atoms with E-state index >= 15 is 0 Å². The Morgan fingerprint density at radius 1 is 1.22 bits per heavy atom. The summed E-state index contributed by atoms with van der Waals surface area (Å²) in [4.78, 5) is 17.7. The number of fused-ring (bicyclic) bond motifs is 1. The van der Waals surface area contributed by atoms with Gasteiger partial charge < -0.3 is 14.7 Å². The van der Waals surface area contributed by atoms with Crippen molar-refractivity contribution in [3.05, 3.63) is 47.1 Å². The lowest BCUT2D eigenvalue weighted by Crippen LogP contribution is -2.21. The zero-order valence-corrected chi connectivity index (χ0v) is 15.6. The summed E-state index contributed by atoms with van der Waals surface area (Å²) in [5, 5.41) is 14.8. The van der Waals surface area contributed by atoms with Gasteiger partial charge in [-0.05, 0) is 49.2 Å². The van der Waals surface area contributed by atoms with Crippen LogP contribution in [0.4, 0.5) is 11.5 Å². The summed E-state index contributed by atoms with van der Waals surface area (Å²) >= 11 is 5.99. The van der Waals surface area contributed by atoms with Gasteiger partial charge in [0.25, 0.3) is 0 Å². The summed E-state index contributed by atoms with van der Waals surface area (Å²) in [5.41, 5.74) is 2.28. The van der Waals surface area contributed by atoms with Crippen molar-refractivity contribution < 1.29 is 14.6 Å². The van der Waals surface area contributed by atoms with Crippen LogP contribution < -0.4 is 4.90 Å². The molecule has 1 aliphatic rings. The third kappa shape index (κ3) is 3.36. The number of aromatic carboxylic acids is 1. The van der Waals surface area contributed by atoms with Gasteiger partial charge in [-0.3, -0.25) is 4.68 Å². The number of nitrogens with zero attached hydrogens (tertiary/aromatic N) is 4. The van der Waals surface area contributed by atoms with E-state index in [0.717, 1.165) is 24.0 Å². The van der Waals surface area contributed by atoms with Crippen molar-refractivity contribution in [1.29, 1.82) is 0 Å². The Morgan fingerprint density at radius 3 is 2.59 bits per heavy atom. The van der Waals surface area contributed by atoms with Gasteiger partial charge in [0.05, 0.1) is 11.6 Å². The number of hydrogen-bond donors (Lipinski definition) is 1. The summed E-state index contributed by atoms with van der Waals surface area (Å²) in [5.74, 6) is -0.447. The number of carbonyl (C=O) groups is 1. The fraction of sp³-hybridized carbons (Fsp3) is 0.316. The van der Waals surface area contributed by atoms with Gasteiger partial charge in [0.2, 0.25) is 0 Å². The molecule has 1 aliphatic heterocycles. The zero-order chi connectivity index (χ0) is 19.0. The summed E-state index contributed by atoms with van der Waals surface area (Å²) in [6.07, 6.45) is 1.73. The molecule has 1 fully saturated rings. The first kappa shape index (κ1) is 17.8. The van der Waals surface area contributed by atoms with Crippen LogP contribution in [0.5, 0.6) is 0 Å². The highest BCUT2D eigenvalue weighted by Gasteiger charge is 2.24. The third-order valence-electron chi connectivity index (χ3n) is 4.82. The van der Waals surface area contributed by atoms with Gasteiger partial charge in [0, 0.05) is 31.0 Å². The van der Waals surface area contributed by atoms with Crippen molar-refractivity contribution in [1.82, 2.24) is 14.8 Å². The molecule has 0 spiro atoms. The number of carboxylic acid groups (broad SMARTS) is 1. The molecule has 4 rings (SSSR count). The van der Waals surface area contributed by atoms with Crippen LogP contribution in [-0.4, -0.2) is 46.1 Å². The Hall–Kier alpha value is -2.64. The lowest BCUT2D eigenvalue weighted by molar-refractivity contribution is 0.0675. The number of anilines is 2. The number of benzene rings is 1. The van der Waals surface area contributed by atoms with Crippen LogP contribution >= 0.6 is 11.6 Å². The van der Waals surface area contributed by atoms with Crippen LogP contribution in [0.15, 0.2) is 36.4 Å². The molecule has 0 bridgehead atoms. The Balaban J connectivity index is 1.85. The minimum Gasteiger partial charge on any atom is -0.477 e. The van der Waals surface area contributed by atoms with Crippen molar-refractivity contribution >= 4 is 40.1 Å². The number of hydrogen-bond acceptors (Lipinski definition) is 5. The van der Waals surface area contributed by atoms with Crippen LogP contribution in [-0.2, 0) is 4.74 Å². The standard InChI is InChI=1S/C19H19ClN4O3/c1-23(13-4-2-12(20)3-5-13)18-17-16(7-6-15(21-17)19(25)26)24(22-18)14-8-10-27-11-9-14/h2-7,14H,8-11H2,1H3,(H,25,26). The van der Waals surface area contributed by atoms with E-state index in [4.69, 9.17) is 21.4 Å². The second-order valence-corrected chi connectivity index (χ2v) is 6.95. The SMILES string of the molecule is CN(c1ccc(Cl)cc1)c1nn(C2CCOCC2)c2ccc(C(=O)O)nc12. The minimum absolute atomic E-state index is 0.000200. The molecule has 3 heterocycles. The summed E-state index contributed by atoms with van der Waals surface area (Å²) in [6, 6.07) is 10.9. The second-order valence-electron chi connectivity index (χ2n) is 6.52. The van der Waals surface area contributed by atoms with E-state index in [1.165, 1.54) is 6.07 Å². The van der Waals surface area contributed by atoms with Crippen LogP contribution in [0.2, 0.25) is 5.02 Å². The number of carboxylic acids is 1. The average molecular weight is 387 g/mol. The van der Waals surface area contributed by atoms with Gasteiger partial charge >= 0.3 is 5.97 Å². The van der Waals surface area contributed by atoms with Crippen molar-refractivity contribution in [3.63, 3.8) is 0 Å². The van der Waals surface area contributed by atoms with Crippen LogP contribution in [0.1, 0.15) is 29.4 Å². The molecule has 0 unspecified atom stereocenters. The van der Waals surface area contributed by atoms with Crippen LogP contribution in [0.25, 0.3) is 11.0 Å². The first-order valence-electron chi connectivity index (χ1n) is 8.74. The van der Waals surface area contributed by atoms with E-state index in [1.54, 1.807) is 18.2 Å². The van der Waals surface area contributed by atoms with Gasteiger partial charge in [-0.1, -0.05) is 11.6 Å². The maximum atomic E-state index is 11.4. The third-order valence-corrected chi connectivity index (χ3v) is 5.07. The summed E-state index contributed by atoms with van der Waals surface area (Å²) < 4.78 is 7.42. The Bertz CT molecular complexity index is 981. The lowest BCUT2D eigenvalue weighted by Gasteiger charge is -2.23. The summed E-state index contributed by atoms with van der Waals surface area (Å²) in [6.45, 7) is 1.38. The largest absolute Gasteiger partial charge is 0.477 e. The van der Waals surface area contributed by atoms with E-state index in [-0.39, 0.29) is 11.7 Å². The molecule has 0 atom stereocenters.